The number of hydrogen-bond donors (Lipinski definition) is 2. The fraction of sp³-hybridized carbons (Fsp3) is 0.609. The van der Waals surface area contributed by atoms with Crippen LogP contribution >= 0.6 is 11.6 Å². The number of nitrogens with zero attached hydrogens (tertiary/aromatic N) is 1. The van der Waals surface area contributed by atoms with Gasteiger partial charge in [0.1, 0.15) is 11.5 Å². The van der Waals surface area contributed by atoms with Gasteiger partial charge < -0.3 is 14.8 Å². The molecule has 4 aliphatic rings. The number of carbonyl (C=O) groups excluding carboxylic acids is 2. The number of carbonyl (C=O) groups is 2. The predicted molar refractivity (Wildman–Crippen MR) is 120 cm³/mol. The zero-order valence-corrected chi connectivity index (χ0v) is 19.1. The Morgan fingerprint density at radius 1 is 1.06 bits per heavy atom. The molecule has 31 heavy (non-hydrogen) atoms. The molecule has 4 saturated carbocycles. The third kappa shape index (κ3) is 4.52. The number of nitrogens with one attached hydrogen (secondary N) is 2. The fourth-order valence-corrected chi connectivity index (χ4v) is 6.31. The molecule has 1 aromatic carbocycles. The zero-order chi connectivity index (χ0) is 22.2. The van der Waals surface area contributed by atoms with Crippen LogP contribution in [0.4, 0.5) is 5.69 Å². The Labute approximate surface area is 187 Å². The summed E-state index contributed by atoms with van der Waals surface area (Å²) in [6.45, 7) is 1.74. The lowest BCUT2D eigenvalue weighted by Gasteiger charge is -2.55. The fourth-order valence-electron chi connectivity index (χ4n) is 6.08. The number of ether oxygens (including phenoxy) is 2. The Bertz CT molecular complexity index is 879. The van der Waals surface area contributed by atoms with E-state index in [4.69, 9.17) is 21.1 Å². The van der Waals surface area contributed by atoms with Gasteiger partial charge in [0.25, 0.3) is 0 Å². The highest BCUT2D eigenvalue weighted by atomic mass is 35.5. The van der Waals surface area contributed by atoms with Crippen molar-refractivity contribution in [2.75, 3.05) is 19.5 Å². The van der Waals surface area contributed by atoms with Crippen molar-refractivity contribution in [1.29, 1.82) is 0 Å². The summed E-state index contributed by atoms with van der Waals surface area (Å²) < 4.78 is 10.5. The number of rotatable bonds is 7. The molecule has 0 spiro atoms. The van der Waals surface area contributed by atoms with Crippen LogP contribution in [0.25, 0.3) is 0 Å². The van der Waals surface area contributed by atoms with E-state index in [0.717, 1.165) is 19.3 Å². The van der Waals surface area contributed by atoms with Gasteiger partial charge in [-0.3, -0.25) is 9.59 Å². The third-order valence-electron chi connectivity index (χ3n) is 7.03. The van der Waals surface area contributed by atoms with Crippen molar-refractivity contribution in [3.63, 3.8) is 0 Å². The summed E-state index contributed by atoms with van der Waals surface area (Å²) in [5, 5.41) is 7.42. The molecular formula is C23H30ClN3O4. The Morgan fingerprint density at radius 3 is 2.19 bits per heavy atom. The second-order valence-corrected chi connectivity index (χ2v) is 9.81. The molecule has 7 nitrogen and oxygen atoms in total. The lowest BCUT2D eigenvalue weighted by atomic mass is 9.49. The Kier molecular flexibility index (Phi) is 6.15. The quantitative estimate of drug-likeness (QED) is 0.479. The molecule has 2 N–H and O–H groups in total. The molecule has 0 radical (unpaired) electrons. The molecule has 1 aromatic rings. The molecular weight excluding hydrogens is 418 g/mol. The average molecular weight is 448 g/mol. The lowest BCUT2D eigenvalue weighted by molar-refractivity contribution is -0.146. The van der Waals surface area contributed by atoms with Gasteiger partial charge in [0.2, 0.25) is 11.8 Å². The topological polar surface area (TPSA) is 89.0 Å². The minimum atomic E-state index is -0.270. The van der Waals surface area contributed by atoms with Gasteiger partial charge in [-0.15, -0.1) is 0 Å². The van der Waals surface area contributed by atoms with E-state index in [1.54, 1.807) is 19.1 Å². The first-order chi connectivity index (χ1) is 14.8. The van der Waals surface area contributed by atoms with Gasteiger partial charge in [-0.05, 0) is 63.2 Å². The van der Waals surface area contributed by atoms with Gasteiger partial charge in [-0.2, -0.15) is 5.10 Å². The summed E-state index contributed by atoms with van der Waals surface area (Å²) in [5.41, 5.74) is 3.50. The van der Waals surface area contributed by atoms with Gasteiger partial charge in [-0.1, -0.05) is 11.6 Å². The number of hydrogen-bond acceptors (Lipinski definition) is 5. The van der Waals surface area contributed by atoms with E-state index in [0.29, 0.717) is 45.7 Å². The maximum Gasteiger partial charge on any atom is 0.246 e. The maximum atomic E-state index is 13.0. The molecule has 4 fully saturated rings. The number of halogens is 1. The van der Waals surface area contributed by atoms with Gasteiger partial charge in [0, 0.05) is 17.8 Å². The monoisotopic (exact) mass is 447 g/mol. The van der Waals surface area contributed by atoms with Crippen molar-refractivity contribution in [3.8, 4) is 11.5 Å². The molecule has 2 amide bonds. The highest BCUT2D eigenvalue weighted by molar-refractivity contribution is 6.32. The third-order valence-corrected chi connectivity index (χ3v) is 7.33. The number of amides is 2. The normalized spacial score (nSPS) is 28.9. The Hall–Kier alpha value is -2.28. The molecule has 0 aromatic heterocycles. The summed E-state index contributed by atoms with van der Waals surface area (Å²) in [6, 6.07) is 3.20. The van der Waals surface area contributed by atoms with E-state index >= 15 is 0 Å². The van der Waals surface area contributed by atoms with Gasteiger partial charge in [0.15, 0.2) is 0 Å². The lowest BCUT2D eigenvalue weighted by Crippen LogP contribution is -2.52. The van der Waals surface area contributed by atoms with E-state index in [1.165, 1.54) is 33.5 Å². The molecule has 0 aliphatic heterocycles. The number of hydrazone groups is 1. The summed E-state index contributed by atoms with van der Waals surface area (Å²) in [7, 11) is 3.00. The molecule has 4 aliphatic carbocycles. The van der Waals surface area contributed by atoms with Crippen LogP contribution in [0.5, 0.6) is 11.5 Å². The smallest absolute Gasteiger partial charge is 0.246 e. The van der Waals surface area contributed by atoms with Gasteiger partial charge in [-0.25, -0.2) is 5.43 Å². The molecule has 0 atom stereocenters. The summed E-state index contributed by atoms with van der Waals surface area (Å²) in [5.74, 6) is 2.70. The Morgan fingerprint density at radius 2 is 1.65 bits per heavy atom. The van der Waals surface area contributed by atoms with Crippen molar-refractivity contribution in [2.24, 2.45) is 28.3 Å². The predicted octanol–water partition coefficient (Wildman–Crippen LogP) is 4.39. The van der Waals surface area contributed by atoms with Crippen LogP contribution in [0.1, 0.15) is 51.9 Å². The van der Waals surface area contributed by atoms with Crippen LogP contribution in [-0.4, -0.2) is 31.7 Å². The van der Waals surface area contributed by atoms with Gasteiger partial charge >= 0.3 is 0 Å². The standard InChI is InChI=1S/C23H30ClN3O4/c1-13(4-21(28)25-18-9-19(30-2)17(24)8-20(18)31-3)26-27-22(29)23-10-14-5-15(11-23)7-16(6-14)12-23/h8-9,14-16H,4-7,10-12H2,1-3H3,(H,25,28)(H,27,29)/b26-13+. The van der Waals surface area contributed by atoms with Crippen molar-refractivity contribution in [2.45, 2.75) is 51.9 Å². The minimum absolute atomic E-state index is 0.0236. The summed E-state index contributed by atoms with van der Waals surface area (Å²) in [6.07, 6.45) is 6.86. The van der Waals surface area contributed by atoms with Crippen LogP contribution in [0.2, 0.25) is 5.02 Å². The summed E-state index contributed by atoms with van der Waals surface area (Å²) >= 11 is 6.11. The van der Waals surface area contributed by atoms with Crippen molar-refractivity contribution < 1.29 is 19.1 Å². The molecule has 0 heterocycles. The Balaban J connectivity index is 1.36. The second kappa shape index (κ2) is 8.69. The van der Waals surface area contributed by atoms with Crippen LogP contribution in [0.15, 0.2) is 17.2 Å². The number of anilines is 1. The maximum absolute atomic E-state index is 13.0. The first-order valence-corrected chi connectivity index (χ1v) is 11.2. The molecule has 5 rings (SSSR count). The van der Waals surface area contributed by atoms with E-state index in [-0.39, 0.29) is 23.7 Å². The van der Waals surface area contributed by atoms with Crippen LogP contribution in [-0.2, 0) is 9.59 Å². The first-order valence-electron chi connectivity index (χ1n) is 10.9. The SMILES string of the molecule is COc1cc(NC(=O)C/C(C)=N/NC(=O)C23CC4CC(CC(C4)C2)C3)c(OC)cc1Cl. The zero-order valence-electron chi connectivity index (χ0n) is 18.3. The number of methoxy groups -OCH3 is 2. The summed E-state index contributed by atoms with van der Waals surface area (Å²) in [4.78, 5) is 25.5. The van der Waals surface area contributed by atoms with Crippen molar-refractivity contribution in [1.82, 2.24) is 5.43 Å². The van der Waals surface area contributed by atoms with Gasteiger partial charge in [0.05, 0.1) is 36.8 Å². The second-order valence-electron chi connectivity index (χ2n) is 9.40. The van der Waals surface area contributed by atoms with Crippen LogP contribution in [0.3, 0.4) is 0 Å². The first kappa shape index (κ1) is 21.9. The van der Waals surface area contributed by atoms with Crippen LogP contribution < -0.4 is 20.2 Å². The van der Waals surface area contributed by atoms with Crippen molar-refractivity contribution in [3.05, 3.63) is 17.2 Å². The highest BCUT2D eigenvalue weighted by Crippen LogP contribution is 2.60. The molecule has 0 saturated heterocycles. The van der Waals surface area contributed by atoms with E-state index in [1.807, 2.05) is 0 Å². The van der Waals surface area contributed by atoms with E-state index in [2.05, 4.69) is 15.8 Å². The van der Waals surface area contributed by atoms with Crippen LogP contribution in [0, 0.1) is 23.2 Å². The number of benzene rings is 1. The molecule has 4 bridgehead atoms. The molecule has 0 unspecified atom stereocenters. The van der Waals surface area contributed by atoms with E-state index < -0.39 is 0 Å². The molecule has 168 valence electrons. The highest BCUT2D eigenvalue weighted by Gasteiger charge is 2.54. The molecule has 8 heteroatoms. The minimum Gasteiger partial charge on any atom is -0.495 e. The average Bonchev–Trinajstić information content (AvgIpc) is 2.71. The largest absolute Gasteiger partial charge is 0.495 e. The van der Waals surface area contributed by atoms with E-state index in [9.17, 15) is 9.59 Å². The van der Waals surface area contributed by atoms with Crippen molar-refractivity contribution >= 4 is 34.8 Å².